The minimum atomic E-state index is -4.58. The maximum atomic E-state index is 12.9. The molecule has 2 aromatic rings. The van der Waals surface area contributed by atoms with Crippen molar-refractivity contribution in [2.24, 2.45) is 0 Å². The summed E-state index contributed by atoms with van der Waals surface area (Å²) in [4.78, 5) is 17.2. The second kappa shape index (κ2) is 7.92. The fraction of sp³-hybridized carbons (Fsp3) is 0.412. The van der Waals surface area contributed by atoms with Crippen molar-refractivity contribution < 1.29 is 26.4 Å². The summed E-state index contributed by atoms with van der Waals surface area (Å²) < 4.78 is 64.9. The van der Waals surface area contributed by atoms with E-state index in [4.69, 9.17) is 0 Å². The van der Waals surface area contributed by atoms with Gasteiger partial charge in [0.2, 0.25) is 10.0 Å². The smallest absolute Gasteiger partial charge is 0.322 e. The SMILES string of the molecule is Cc1ccc(C)c(S(=O)(=O)N2CCN(C(=O)Nc3nc(C(F)(F)F)cs3)CC2)c1. The van der Waals surface area contributed by atoms with Gasteiger partial charge in [-0.1, -0.05) is 12.1 Å². The van der Waals surface area contributed by atoms with Gasteiger partial charge in [0.25, 0.3) is 0 Å². The molecule has 0 saturated carbocycles. The topological polar surface area (TPSA) is 82.6 Å². The summed E-state index contributed by atoms with van der Waals surface area (Å²) in [5.74, 6) is 0. The van der Waals surface area contributed by atoms with Crippen LogP contribution in [0.15, 0.2) is 28.5 Å². The normalized spacial score (nSPS) is 16.1. The number of urea groups is 1. The Kier molecular flexibility index (Phi) is 5.88. The van der Waals surface area contributed by atoms with E-state index in [-0.39, 0.29) is 36.2 Å². The van der Waals surface area contributed by atoms with E-state index in [1.807, 2.05) is 13.0 Å². The number of rotatable bonds is 3. The molecule has 0 aliphatic carbocycles. The molecular formula is C17H19F3N4O3S2. The maximum absolute atomic E-state index is 12.9. The lowest BCUT2D eigenvalue weighted by atomic mass is 10.2. The first-order valence-electron chi connectivity index (χ1n) is 8.64. The van der Waals surface area contributed by atoms with E-state index >= 15 is 0 Å². The quantitative estimate of drug-likeness (QED) is 0.781. The van der Waals surface area contributed by atoms with Gasteiger partial charge >= 0.3 is 12.2 Å². The summed E-state index contributed by atoms with van der Waals surface area (Å²) in [6.07, 6.45) is -4.58. The monoisotopic (exact) mass is 448 g/mol. The molecule has 1 saturated heterocycles. The van der Waals surface area contributed by atoms with Crippen molar-refractivity contribution in [3.05, 3.63) is 40.4 Å². The zero-order valence-corrected chi connectivity index (χ0v) is 17.3. The molecule has 3 rings (SSSR count). The van der Waals surface area contributed by atoms with Crippen LogP contribution in [0.4, 0.5) is 23.1 Å². The number of carbonyl (C=O) groups excluding carboxylic acids is 1. The number of benzene rings is 1. The van der Waals surface area contributed by atoms with Gasteiger partial charge in [-0.25, -0.2) is 18.2 Å². The summed E-state index contributed by atoms with van der Waals surface area (Å²) in [5, 5.41) is 3.00. The number of aryl methyl sites for hydroxylation is 2. The van der Waals surface area contributed by atoms with Gasteiger partial charge < -0.3 is 4.90 Å². The fourth-order valence-corrected chi connectivity index (χ4v) is 5.33. The lowest BCUT2D eigenvalue weighted by molar-refractivity contribution is -0.140. The second-order valence-corrected chi connectivity index (χ2v) is 9.39. The predicted octanol–water partition coefficient (Wildman–Crippen LogP) is 3.32. The molecule has 1 N–H and O–H groups in total. The Bertz CT molecular complexity index is 1010. The number of carbonyl (C=O) groups is 1. The van der Waals surface area contributed by atoms with Gasteiger partial charge in [0.1, 0.15) is 0 Å². The highest BCUT2D eigenvalue weighted by Crippen LogP contribution is 2.31. The Morgan fingerprint density at radius 2 is 1.83 bits per heavy atom. The first-order valence-corrected chi connectivity index (χ1v) is 11.0. The highest BCUT2D eigenvalue weighted by atomic mass is 32.2. The number of aromatic nitrogens is 1. The Hall–Kier alpha value is -2.18. The molecule has 12 heteroatoms. The van der Waals surface area contributed by atoms with Crippen LogP contribution >= 0.6 is 11.3 Å². The number of nitrogens with one attached hydrogen (secondary N) is 1. The van der Waals surface area contributed by atoms with E-state index in [1.165, 1.54) is 9.21 Å². The van der Waals surface area contributed by atoms with E-state index < -0.39 is 27.9 Å². The van der Waals surface area contributed by atoms with Crippen LogP contribution in [0, 0.1) is 13.8 Å². The third-order valence-electron chi connectivity index (χ3n) is 4.50. The first-order chi connectivity index (χ1) is 13.5. The van der Waals surface area contributed by atoms with Crippen molar-refractivity contribution in [3.63, 3.8) is 0 Å². The summed E-state index contributed by atoms with van der Waals surface area (Å²) in [7, 11) is -3.70. The van der Waals surface area contributed by atoms with Gasteiger partial charge in [0.05, 0.1) is 4.90 Å². The second-order valence-electron chi connectivity index (χ2n) is 6.63. The zero-order chi connectivity index (χ0) is 21.4. The Balaban J connectivity index is 1.63. The van der Waals surface area contributed by atoms with Gasteiger partial charge in [0.15, 0.2) is 10.8 Å². The molecule has 1 aliphatic rings. The minimum absolute atomic E-state index is 0.0921. The average molecular weight is 448 g/mol. The molecule has 1 aromatic carbocycles. The number of anilines is 1. The summed E-state index contributed by atoms with van der Waals surface area (Å²) in [6, 6.07) is 4.58. The third kappa shape index (κ3) is 4.70. The molecule has 0 spiro atoms. The molecule has 0 atom stereocenters. The summed E-state index contributed by atoms with van der Waals surface area (Å²) in [6.45, 7) is 3.95. The van der Waals surface area contributed by atoms with Gasteiger partial charge in [-0.3, -0.25) is 5.32 Å². The van der Waals surface area contributed by atoms with Crippen LogP contribution in [0.3, 0.4) is 0 Å². The number of hydrogen-bond donors (Lipinski definition) is 1. The van der Waals surface area contributed by atoms with Crippen molar-refractivity contribution in [2.45, 2.75) is 24.9 Å². The van der Waals surface area contributed by atoms with Gasteiger partial charge in [-0.05, 0) is 31.0 Å². The van der Waals surface area contributed by atoms with E-state index in [1.54, 1.807) is 19.1 Å². The van der Waals surface area contributed by atoms with Crippen LogP contribution in [0.5, 0.6) is 0 Å². The number of alkyl halides is 3. The molecular weight excluding hydrogens is 429 g/mol. The first kappa shape index (κ1) is 21.5. The van der Waals surface area contributed by atoms with Crippen LogP contribution in [0.2, 0.25) is 0 Å². The van der Waals surface area contributed by atoms with Crippen LogP contribution in [0.25, 0.3) is 0 Å². The largest absolute Gasteiger partial charge is 0.434 e. The summed E-state index contributed by atoms with van der Waals surface area (Å²) >= 11 is 0.678. The van der Waals surface area contributed by atoms with Crippen LogP contribution in [-0.2, 0) is 16.2 Å². The number of halogens is 3. The fourth-order valence-electron chi connectivity index (χ4n) is 2.89. The molecule has 29 heavy (non-hydrogen) atoms. The molecule has 1 aromatic heterocycles. The number of thiazole rings is 1. The number of nitrogens with zero attached hydrogens (tertiary/aromatic N) is 3. The van der Waals surface area contributed by atoms with Crippen molar-refractivity contribution >= 4 is 32.5 Å². The molecule has 1 aliphatic heterocycles. The number of sulfonamides is 1. The van der Waals surface area contributed by atoms with Crippen molar-refractivity contribution in [1.29, 1.82) is 0 Å². The molecule has 1 fully saturated rings. The van der Waals surface area contributed by atoms with Gasteiger partial charge in [-0.2, -0.15) is 17.5 Å². The van der Waals surface area contributed by atoms with Gasteiger partial charge in [0, 0.05) is 31.6 Å². The third-order valence-corrected chi connectivity index (χ3v) is 7.29. The predicted molar refractivity (Wildman–Crippen MR) is 102 cm³/mol. The molecule has 0 unspecified atom stereocenters. The zero-order valence-electron chi connectivity index (χ0n) is 15.7. The molecule has 2 amide bonds. The van der Waals surface area contributed by atoms with Crippen molar-refractivity contribution in [1.82, 2.24) is 14.2 Å². The van der Waals surface area contributed by atoms with E-state index in [9.17, 15) is 26.4 Å². The van der Waals surface area contributed by atoms with Crippen molar-refractivity contribution in [3.8, 4) is 0 Å². The molecule has 158 valence electrons. The highest BCUT2D eigenvalue weighted by molar-refractivity contribution is 7.89. The molecule has 7 nitrogen and oxygen atoms in total. The highest BCUT2D eigenvalue weighted by Gasteiger charge is 2.35. The standard InChI is InChI=1S/C17H19F3N4O3S2/c1-11-3-4-12(2)13(9-11)29(26,27)24-7-5-23(6-8-24)16(25)22-15-21-14(10-28-15)17(18,19)20/h3-4,9-10H,5-8H2,1-2H3,(H,21,22,25). The molecule has 2 heterocycles. The number of amides is 2. The summed E-state index contributed by atoms with van der Waals surface area (Å²) in [5.41, 5.74) is 0.399. The van der Waals surface area contributed by atoms with Crippen LogP contribution in [-0.4, -0.2) is 54.8 Å². The lowest BCUT2D eigenvalue weighted by Gasteiger charge is -2.34. The molecule has 0 bridgehead atoms. The van der Waals surface area contributed by atoms with Crippen molar-refractivity contribution in [2.75, 3.05) is 31.5 Å². The van der Waals surface area contributed by atoms with E-state index in [0.29, 0.717) is 16.9 Å². The van der Waals surface area contributed by atoms with E-state index in [0.717, 1.165) is 10.9 Å². The Morgan fingerprint density at radius 1 is 1.17 bits per heavy atom. The van der Waals surface area contributed by atoms with E-state index in [2.05, 4.69) is 10.3 Å². The van der Waals surface area contributed by atoms with Gasteiger partial charge in [-0.15, -0.1) is 11.3 Å². The average Bonchev–Trinajstić information content (AvgIpc) is 3.12. The van der Waals surface area contributed by atoms with Crippen LogP contribution in [0.1, 0.15) is 16.8 Å². The van der Waals surface area contributed by atoms with Crippen LogP contribution < -0.4 is 5.32 Å². The number of hydrogen-bond acceptors (Lipinski definition) is 5. The Labute approximate surface area is 170 Å². The lowest BCUT2D eigenvalue weighted by Crippen LogP contribution is -2.51. The minimum Gasteiger partial charge on any atom is -0.322 e. The maximum Gasteiger partial charge on any atom is 0.434 e. The number of piperazine rings is 1. The molecule has 0 radical (unpaired) electrons. The Morgan fingerprint density at radius 3 is 2.41 bits per heavy atom.